The topological polar surface area (TPSA) is 58.6 Å². The van der Waals surface area contributed by atoms with Gasteiger partial charge in [-0.25, -0.2) is 13.1 Å². The maximum atomic E-state index is 12.4. The van der Waals surface area contributed by atoms with Crippen LogP contribution in [0.4, 0.5) is 0 Å². The number of halogens is 2. The van der Waals surface area contributed by atoms with Crippen LogP contribution in [0.5, 0.6) is 0 Å². The molecule has 1 N–H and O–H groups in total. The fourth-order valence-electron chi connectivity index (χ4n) is 2.72. The van der Waals surface area contributed by atoms with E-state index in [0.717, 1.165) is 38.4 Å². The van der Waals surface area contributed by atoms with Crippen LogP contribution in [-0.2, 0) is 27.8 Å². The molecule has 140 valence electrons. The van der Waals surface area contributed by atoms with Gasteiger partial charge in [0.25, 0.3) is 0 Å². The highest BCUT2D eigenvalue weighted by molar-refractivity contribution is 7.89. The Labute approximate surface area is 163 Å². The van der Waals surface area contributed by atoms with Crippen LogP contribution in [0, 0.1) is 0 Å². The van der Waals surface area contributed by atoms with Crippen molar-refractivity contribution in [1.82, 2.24) is 9.62 Å². The fourth-order valence-corrected chi connectivity index (χ4v) is 4.50. The zero-order valence-corrected chi connectivity index (χ0v) is 16.4. The van der Waals surface area contributed by atoms with E-state index in [1.54, 1.807) is 6.07 Å². The molecule has 0 unspecified atom stereocenters. The molecule has 1 aliphatic heterocycles. The third-order valence-electron chi connectivity index (χ3n) is 4.18. The van der Waals surface area contributed by atoms with Gasteiger partial charge in [-0.15, -0.1) is 0 Å². The number of benzene rings is 2. The lowest BCUT2D eigenvalue weighted by Crippen LogP contribution is -2.35. The van der Waals surface area contributed by atoms with E-state index in [2.05, 4.69) is 9.62 Å². The molecular formula is C18H20Cl2N2O3S. The Morgan fingerprint density at radius 1 is 1.00 bits per heavy atom. The summed E-state index contributed by atoms with van der Waals surface area (Å²) < 4.78 is 32.8. The smallest absolute Gasteiger partial charge is 0.242 e. The summed E-state index contributed by atoms with van der Waals surface area (Å²) in [6.07, 6.45) is 0. The highest BCUT2D eigenvalue weighted by Crippen LogP contribution is 2.25. The van der Waals surface area contributed by atoms with Gasteiger partial charge in [-0.2, -0.15) is 0 Å². The monoisotopic (exact) mass is 414 g/mol. The van der Waals surface area contributed by atoms with E-state index < -0.39 is 10.0 Å². The van der Waals surface area contributed by atoms with Crippen LogP contribution in [0.2, 0.25) is 10.0 Å². The Balaban J connectivity index is 1.61. The number of hydrogen-bond donors (Lipinski definition) is 1. The molecule has 0 spiro atoms. The summed E-state index contributed by atoms with van der Waals surface area (Å²) in [4.78, 5) is 2.32. The van der Waals surface area contributed by atoms with Crippen molar-refractivity contribution in [2.75, 3.05) is 26.3 Å². The van der Waals surface area contributed by atoms with Gasteiger partial charge in [0.15, 0.2) is 0 Å². The number of ether oxygens (including phenoxy) is 1. The van der Waals surface area contributed by atoms with Gasteiger partial charge in [0, 0.05) is 31.2 Å². The standard InChI is InChI=1S/C18H20Cl2N2O3S/c19-16-5-6-17(20)18(11-16)26(23,24)21-12-14-1-3-15(4-2-14)13-22-7-9-25-10-8-22/h1-6,11,21H,7-10,12-13H2. The summed E-state index contributed by atoms with van der Waals surface area (Å²) in [5.41, 5.74) is 2.06. The molecule has 5 nitrogen and oxygen atoms in total. The molecule has 0 aromatic heterocycles. The van der Waals surface area contributed by atoms with E-state index in [1.165, 1.54) is 17.7 Å². The SMILES string of the molecule is O=S(=O)(NCc1ccc(CN2CCOCC2)cc1)c1cc(Cl)ccc1Cl. The zero-order valence-electron chi connectivity index (χ0n) is 14.1. The summed E-state index contributed by atoms with van der Waals surface area (Å²) >= 11 is 11.9. The van der Waals surface area contributed by atoms with Crippen LogP contribution in [0.15, 0.2) is 47.4 Å². The minimum atomic E-state index is -3.73. The molecular weight excluding hydrogens is 395 g/mol. The molecule has 0 bridgehead atoms. The maximum absolute atomic E-state index is 12.4. The molecule has 1 heterocycles. The second kappa shape index (κ2) is 8.69. The highest BCUT2D eigenvalue weighted by Gasteiger charge is 2.18. The van der Waals surface area contributed by atoms with Crippen molar-refractivity contribution in [2.24, 2.45) is 0 Å². The Morgan fingerprint density at radius 3 is 2.35 bits per heavy atom. The summed E-state index contributed by atoms with van der Waals surface area (Å²) in [7, 11) is -3.73. The Hall–Kier alpha value is -1.15. The van der Waals surface area contributed by atoms with Crippen molar-refractivity contribution in [1.29, 1.82) is 0 Å². The molecule has 1 aliphatic rings. The van der Waals surface area contributed by atoms with Gasteiger partial charge in [-0.1, -0.05) is 47.5 Å². The molecule has 3 rings (SSSR count). The molecule has 2 aromatic rings. The fraction of sp³-hybridized carbons (Fsp3) is 0.333. The molecule has 2 aromatic carbocycles. The van der Waals surface area contributed by atoms with Gasteiger partial charge in [0.2, 0.25) is 10.0 Å². The lowest BCUT2D eigenvalue weighted by atomic mass is 10.1. The summed E-state index contributed by atoms with van der Waals surface area (Å²) in [6.45, 7) is 4.46. The van der Waals surface area contributed by atoms with Gasteiger partial charge in [-0.3, -0.25) is 4.90 Å². The van der Waals surface area contributed by atoms with Crippen molar-refractivity contribution >= 4 is 33.2 Å². The van der Waals surface area contributed by atoms with Crippen LogP contribution < -0.4 is 4.72 Å². The van der Waals surface area contributed by atoms with E-state index in [0.29, 0.717) is 5.02 Å². The van der Waals surface area contributed by atoms with Gasteiger partial charge >= 0.3 is 0 Å². The van der Waals surface area contributed by atoms with Crippen LogP contribution in [0.3, 0.4) is 0 Å². The van der Waals surface area contributed by atoms with Crippen molar-refractivity contribution in [2.45, 2.75) is 18.0 Å². The third kappa shape index (κ3) is 5.19. The van der Waals surface area contributed by atoms with Gasteiger partial charge in [-0.05, 0) is 29.3 Å². The van der Waals surface area contributed by atoms with Crippen molar-refractivity contribution in [3.63, 3.8) is 0 Å². The first-order chi connectivity index (χ1) is 12.4. The van der Waals surface area contributed by atoms with Crippen molar-refractivity contribution in [3.05, 3.63) is 63.6 Å². The number of hydrogen-bond acceptors (Lipinski definition) is 4. The van der Waals surface area contributed by atoms with Crippen LogP contribution >= 0.6 is 23.2 Å². The number of sulfonamides is 1. The minimum absolute atomic E-state index is 0.0180. The van der Waals surface area contributed by atoms with Crippen LogP contribution in [0.1, 0.15) is 11.1 Å². The van der Waals surface area contributed by atoms with Crippen LogP contribution in [-0.4, -0.2) is 39.6 Å². The number of morpholine rings is 1. The molecule has 1 saturated heterocycles. The average molecular weight is 415 g/mol. The van der Waals surface area contributed by atoms with Gasteiger partial charge in [0.1, 0.15) is 4.90 Å². The normalized spacial score (nSPS) is 15.9. The highest BCUT2D eigenvalue weighted by atomic mass is 35.5. The molecule has 1 fully saturated rings. The molecule has 8 heteroatoms. The number of nitrogens with one attached hydrogen (secondary N) is 1. The first-order valence-corrected chi connectivity index (χ1v) is 10.5. The summed E-state index contributed by atoms with van der Waals surface area (Å²) in [6, 6.07) is 12.3. The number of rotatable bonds is 6. The Morgan fingerprint density at radius 2 is 1.65 bits per heavy atom. The van der Waals surface area contributed by atoms with Gasteiger partial charge < -0.3 is 4.74 Å². The van der Waals surface area contributed by atoms with E-state index >= 15 is 0 Å². The first kappa shape index (κ1) is 19.6. The summed E-state index contributed by atoms with van der Waals surface area (Å²) in [5, 5.41) is 0.463. The quantitative estimate of drug-likeness (QED) is 0.787. The molecule has 0 radical (unpaired) electrons. The lowest BCUT2D eigenvalue weighted by Gasteiger charge is -2.26. The second-order valence-corrected chi connectivity index (χ2v) is 8.68. The predicted molar refractivity (Wildman–Crippen MR) is 103 cm³/mol. The molecule has 0 amide bonds. The summed E-state index contributed by atoms with van der Waals surface area (Å²) in [5.74, 6) is 0. The molecule has 26 heavy (non-hydrogen) atoms. The van der Waals surface area contributed by atoms with E-state index in [9.17, 15) is 8.42 Å². The van der Waals surface area contributed by atoms with Crippen molar-refractivity contribution in [3.8, 4) is 0 Å². The van der Waals surface area contributed by atoms with E-state index in [-0.39, 0.29) is 16.5 Å². The van der Waals surface area contributed by atoms with Gasteiger partial charge in [0.05, 0.1) is 18.2 Å². The maximum Gasteiger partial charge on any atom is 0.242 e. The molecule has 0 saturated carbocycles. The largest absolute Gasteiger partial charge is 0.379 e. The van der Waals surface area contributed by atoms with Crippen molar-refractivity contribution < 1.29 is 13.2 Å². The minimum Gasteiger partial charge on any atom is -0.379 e. The average Bonchev–Trinajstić information content (AvgIpc) is 2.64. The molecule has 0 atom stereocenters. The van der Waals surface area contributed by atoms with Crippen LogP contribution in [0.25, 0.3) is 0 Å². The number of nitrogens with zero attached hydrogens (tertiary/aromatic N) is 1. The third-order valence-corrected chi connectivity index (χ3v) is 6.30. The predicted octanol–water partition coefficient (Wildman–Crippen LogP) is 3.30. The zero-order chi connectivity index (χ0) is 18.6. The Kier molecular flexibility index (Phi) is 6.55. The second-order valence-electron chi connectivity index (χ2n) is 6.10. The first-order valence-electron chi connectivity index (χ1n) is 8.27. The van der Waals surface area contributed by atoms with E-state index in [1.807, 2.05) is 24.3 Å². The van der Waals surface area contributed by atoms with E-state index in [4.69, 9.17) is 27.9 Å². The Bertz CT molecular complexity index is 851. The molecule has 0 aliphatic carbocycles. The lowest BCUT2D eigenvalue weighted by molar-refractivity contribution is 0.0342.